The minimum Gasteiger partial charge on any atom is -0.477 e. The second-order valence-electron chi connectivity index (χ2n) is 6.69. The molecule has 0 fully saturated rings. The molecule has 0 bridgehead atoms. The number of aromatic carboxylic acids is 1. The van der Waals surface area contributed by atoms with Gasteiger partial charge in [-0.2, -0.15) is 0 Å². The number of hydrogen-bond donors (Lipinski definition) is 2. The van der Waals surface area contributed by atoms with E-state index in [0.717, 1.165) is 41.9 Å². The molecule has 26 heavy (non-hydrogen) atoms. The Labute approximate surface area is 150 Å². The van der Waals surface area contributed by atoms with E-state index in [-0.39, 0.29) is 5.56 Å². The van der Waals surface area contributed by atoms with Crippen LogP contribution < -0.4 is 10.9 Å². The smallest absolute Gasteiger partial charge is 0.341 e. The van der Waals surface area contributed by atoms with E-state index in [9.17, 15) is 9.59 Å². The standard InChI is InChI=1S/C20H20N2O4/c1-11-12(18-10-14-15(21-2)4-3-5-17(14)26-18)8-9-22-16(11)7-6-13(19(22)23)20(24)25/h6-10,15,21H,3-5H2,1-2H3,(H,24,25). The number of nitrogens with one attached hydrogen (secondary N) is 1. The van der Waals surface area contributed by atoms with Gasteiger partial charge in [0.2, 0.25) is 0 Å². The lowest BCUT2D eigenvalue weighted by Crippen LogP contribution is -2.21. The lowest BCUT2D eigenvalue weighted by atomic mass is 9.93. The van der Waals surface area contributed by atoms with Crippen molar-refractivity contribution in [2.24, 2.45) is 0 Å². The highest BCUT2D eigenvalue weighted by atomic mass is 16.4. The van der Waals surface area contributed by atoms with E-state index in [0.29, 0.717) is 11.6 Å². The number of hydrogen-bond acceptors (Lipinski definition) is 4. The molecule has 0 saturated heterocycles. The minimum atomic E-state index is -1.22. The molecule has 0 aliphatic heterocycles. The van der Waals surface area contributed by atoms with Gasteiger partial charge in [0.05, 0.1) is 5.52 Å². The maximum Gasteiger partial charge on any atom is 0.341 e. The Kier molecular flexibility index (Phi) is 3.92. The Morgan fingerprint density at radius 2 is 2.15 bits per heavy atom. The molecule has 1 unspecified atom stereocenters. The summed E-state index contributed by atoms with van der Waals surface area (Å²) >= 11 is 0. The first-order valence-corrected chi connectivity index (χ1v) is 8.69. The quantitative estimate of drug-likeness (QED) is 0.756. The fraction of sp³-hybridized carbons (Fsp3) is 0.300. The lowest BCUT2D eigenvalue weighted by Gasteiger charge is -2.20. The predicted octanol–water partition coefficient (Wildman–Crippen LogP) is 3.16. The molecule has 0 spiro atoms. The number of carboxylic acid groups (broad SMARTS) is 1. The van der Waals surface area contributed by atoms with Crippen molar-refractivity contribution in [3.63, 3.8) is 0 Å². The first-order valence-electron chi connectivity index (χ1n) is 8.69. The zero-order valence-electron chi connectivity index (χ0n) is 14.7. The van der Waals surface area contributed by atoms with Gasteiger partial charge in [-0.1, -0.05) is 0 Å². The van der Waals surface area contributed by atoms with Crippen LogP contribution in [0.3, 0.4) is 0 Å². The van der Waals surface area contributed by atoms with E-state index in [1.54, 1.807) is 12.3 Å². The highest BCUT2D eigenvalue weighted by molar-refractivity contribution is 5.88. The van der Waals surface area contributed by atoms with Crippen LogP contribution in [0.25, 0.3) is 16.8 Å². The van der Waals surface area contributed by atoms with Crippen molar-refractivity contribution in [3.8, 4) is 11.3 Å². The lowest BCUT2D eigenvalue weighted by molar-refractivity contribution is 0.0695. The van der Waals surface area contributed by atoms with Gasteiger partial charge in [-0.3, -0.25) is 9.20 Å². The summed E-state index contributed by atoms with van der Waals surface area (Å²) in [5, 5.41) is 12.5. The first kappa shape index (κ1) is 16.6. The molecule has 0 amide bonds. The summed E-state index contributed by atoms with van der Waals surface area (Å²) in [6, 6.07) is 7.23. The van der Waals surface area contributed by atoms with Crippen molar-refractivity contribution >= 4 is 11.5 Å². The summed E-state index contributed by atoms with van der Waals surface area (Å²) in [6.07, 6.45) is 4.73. The van der Waals surface area contributed by atoms with Gasteiger partial charge in [0.25, 0.3) is 5.56 Å². The zero-order valence-corrected chi connectivity index (χ0v) is 14.7. The molecule has 4 rings (SSSR count). The molecule has 6 heteroatoms. The molecule has 3 aromatic heterocycles. The molecule has 6 nitrogen and oxygen atoms in total. The molecule has 3 aromatic rings. The molecule has 1 atom stereocenters. The first-order chi connectivity index (χ1) is 12.5. The third kappa shape index (κ3) is 2.45. The molecule has 0 aromatic carbocycles. The maximum absolute atomic E-state index is 12.4. The molecule has 0 saturated carbocycles. The average Bonchev–Trinajstić information content (AvgIpc) is 3.06. The molecule has 1 aliphatic carbocycles. The summed E-state index contributed by atoms with van der Waals surface area (Å²) in [5.41, 5.74) is 2.91. The van der Waals surface area contributed by atoms with Gasteiger partial charge in [-0.05, 0) is 56.6 Å². The van der Waals surface area contributed by atoms with Crippen LogP contribution in [-0.4, -0.2) is 22.5 Å². The minimum absolute atomic E-state index is 0.236. The number of pyridine rings is 2. The zero-order chi connectivity index (χ0) is 18.4. The molecular weight excluding hydrogens is 332 g/mol. The SMILES string of the molecule is CNC1CCCc2oc(-c3ccn4c(=O)c(C(=O)O)ccc4c3C)cc21. The average molecular weight is 352 g/mol. The van der Waals surface area contributed by atoms with Crippen molar-refractivity contribution in [1.29, 1.82) is 0 Å². The van der Waals surface area contributed by atoms with Gasteiger partial charge in [0, 0.05) is 29.8 Å². The van der Waals surface area contributed by atoms with Crippen LogP contribution in [0.2, 0.25) is 0 Å². The monoisotopic (exact) mass is 352 g/mol. The van der Waals surface area contributed by atoms with E-state index in [4.69, 9.17) is 9.52 Å². The van der Waals surface area contributed by atoms with Crippen molar-refractivity contribution in [1.82, 2.24) is 9.72 Å². The number of aromatic nitrogens is 1. The van der Waals surface area contributed by atoms with Crippen LogP contribution in [0.5, 0.6) is 0 Å². The number of aryl methyl sites for hydroxylation is 2. The summed E-state index contributed by atoms with van der Waals surface area (Å²) in [6.45, 7) is 1.92. The Balaban J connectivity index is 1.87. The maximum atomic E-state index is 12.4. The topological polar surface area (TPSA) is 84.0 Å². The van der Waals surface area contributed by atoms with Gasteiger partial charge in [-0.15, -0.1) is 0 Å². The summed E-state index contributed by atoms with van der Waals surface area (Å²) in [5.74, 6) is 0.582. The molecule has 3 heterocycles. The highest BCUT2D eigenvalue weighted by Gasteiger charge is 2.24. The summed E-state index contributed by atoms with van der Waals surface area (Å²) < 4.78 is 7.50. The second kappa shape index (κ2) is 6.14. The number of furan rings is 1. The van der Waals surface area contributed by atoms with E-state index in [1.165, 1.54) is 16.0 Å². The molecular formula is C20H20N2O4. The fourth-order valence-electron chi connectivity index (χ4n) is 3.84. The third-order valence-corrected chi connectivity index (χ3v) is 5.25. The van der Waals surface area contributed by atoms with Crippen molar-refractivity contribution in [2.75, 3.05) is 7.05 Å². The Hall–Kier alpha value is -2.86. The van der Waals surface area contributed by atoms with Crippen LogP contribution >= 0.6 is 0 Å². The van der Waals surface area contributed by atoms with E-state index >= 15 is 0 Å². The third-order valence-electron chi connectivity index (χ3n) is 5.25. The van der Waals surface area contributed by atoms with Gasteiger partial charge in [-0.25, -0.2) is 4.79 Å². The Morgan fingerprint density at radius 3 is 2.88 bits per heavy atom. The largest absolute Gasteiger partial charge is 0.477 e. The van der Waals surface area contributed by atoms with Gasteiger partial charge in [0.15, 0.2) is 0 Å². The second-order valence-corrected chi connectivity index (χ2v) is 6.69. The Bertz CT molecular complexity index is 1080. The van der Waals surface area contributed by atoms with Crippen LogP contribution in [0.1, 0.15) is 46.1 Å². The molecule has 2 N–H and O–H groups in total. The number of fused-ring (bicyclic) bond motifs is 2. The van der Waals surface area contributed by atoms with Crippen molar-refractivity contribution in [2.45, 2.75) is 32.2 Å². The van der Waals surface area contributed by atoms with Crippen LogP contribution in [0.15, 0.2) is 39.7 Å². The fourth-order valence-corrected chi connectivity index (χ4v) is 3.84. The molecule has 134 valence electrons. The van der Waals surface area contributed by atoms with E-state index in [1.807, 2.05) is 20.0 Å². The number of nitrogens with zero attached hydrogens (tertiary/aromatic N) is 1. The number of carboxylic acids is 1. The molecule has 1 aliphatic rings. The normalized spacial score (nSPS) is 16.6. The van der Waals surface area contributed by atoms with Gasteiger partial charge < -0.3 is 14.8 Å². The summed E-state index contributed by atoms with van der Waals surface area (Å²) in [4.78, 5) is 23.5. The van der Waals surface area contributed by atoms with Gasteiger partial charge >= 0.3 is 5.97 Å². The molecule has 0 radical (unpaired) electrons. The van der Waals surface area contributed by atoms with Crippen LogP contribution in [0, 0.1) is 6.92 Å². The van der Waals surface area contributed by atoms with Crippen molar-refractivity contribution < 1.29 is 14.3 Å². The Morgan fingerprint density at radius 1 is 1.35 bits per heavy atom. The van der Waals surface area contributed by atoms with E-state index in [2.05, 4.69) is 11.4 Å². The number of carbonyl (C=O) groups is 1. The predicted molar refractivity (Wildman–Crippen MR) is 97.8 cm³/mol. The summed E-state index contributed by atoms with van der Waals surface area (Å²) in [7, 11) is 1.96. The van der Waals surface area contributed by atoms with Crippen LogP contribution in [-0.2, 0) is 6.42 Å². The highest BCUT2D eigenvalue weighted by Crippen LogP contribution is 2.37. The van der Waals surface area contributed by atoms with Gasteiger partial charge in [0.1, 0.15) is 17.1 Å². The van der Waals surface area contributed by atoms with Crippen molar-refractivity contribution in [3.05, 3.63) is 63.3 Å². The number of rotatable bonds is 3. The van der Waals surface area contributed by atoms with E-state index < -0.39 is 11.5 Å². The van der Waals surface area contributed by atoms with Crippen LogP contribution in [0.4, 0.5) is 0 Å².